The zero-order valence-electron chi connectivity index (χ0n) is 46.0. The molecular weight excluding hydrogens is 1070 g/mol. The van der Waals surface area contributed by atoms with Crippen molar-refractivity contribution in [1.82, 2.24) is 34.9 Å². The highest BCUT2D eigenvalue weighted by molar-refractivity contribution is 8.01. The van der Waals surface area contributed by atoms with Gasteiger partial charge in [-0.15, -0.1) is 11.8 Å². The Balaban J connectivity index is 0.880. The Morgan fingerprint density at radius 3 is 2.03 bits per heavy atom. The van der Waals surface area contributed by atoms with Crippen LogP contribution in [0.5, 0.6) is 5.75 Å². The van der Waals surface area contributed by atoms with Crippen molar-refractivity contribution in [2.45, 2.75) is 105 Å². The van der Waals surface area contributed by atoms with E-state index in [9.17, 15) is 28.8 Å². The van der Waals surface area contributed by atoms with E-state index in [1.807, 2.05) is 55.1 Å². The zero-order chi connectivity index (χ0) is 56.4. The highest BCUT2D eigenvalue weighted by Crippen LogP contribution is 2.40. The molecule has 2 aromatic heterocycles. The summed E-state index contributed by atoms with van der Waals surface area (Å²) in [5.74, 6) is 0.488. The fraction of sp³-hybridized carbons (Fsp3) is 0.424. The number of nitrogens with one attached hydrogen (secondary N) is 3. The third-order valence-corrected chi connectivity index (χ3v) is 19.4. The highest BCUT2D eigenvalue weighted by atomic mass is 32.2. The Labute approximate surface area is 480 Å². The first-order valence-corrected chi connectivity index (χ1v) is 30.3. The lowest BCUT2D eigenvalue weighted by Crippen LogP contribution is -2.39. The number of thiazole rings is 2. The lowest BCUT2D eigenvalue weighted by molar-refractivity contribution is -0.126. The van der Waals surface area contributed by atoms with Gasteiger partial charge in [0.1, 0.15) is 5.75 Å². The van der Waals surface area contributed by atoms with Crippen LogP contribution in [0.2, 0.25) is 0 Å². The van der Waals surface area contributed by atoms with Crippen LogP contribution in [0, 0.1) is 25.2 Å². The first kappa shape index (κ1) is 58.8. The number of aryl methyl sites for hydroxylation is 2. The predicted molar refractivity (Wildman–Crippen MR) is 316 cm³/mol. The van der Waals surface area contributed by atoms with Gasteiger partial charge in [0.15, 0.2) is 10.3 Å². The van der Waals surface area contributed by atoms with E-state index in [2.05, 4.69) is 65.9 Å². The molecule has 2 aliphatic heterocycles. The molecule has 16 nitrogen and oxygen atoms in total. The van der Waals surface area contributed by atoms with Gasteiger partial charge in [-0.3, -0.25) is 34.1 Å². The SMILES string of the molecule is C=CC(=O)N1CCCN(C(=O)c2cc(Sc3cnc(NC(=O)c4cccc(CN[C@H](C)C(C)(C)CCc5cc(CSc6cnc(NC(=O)C7CC7)s6)cc(C(=O)N6CCCN(C(=O)C=C)CC6)c5C)c4)s3)c(C)cc2OC)CC1. The summed E-state index contributed by atoms with van der Waals surface area (Å²) >= 11 is 5.91. The van der Waals surface area contributed by atoms with Crippen LogP contribution >= 0.6 is 46.2 Å². The molecule has 2 saturated heterocycles. The molecule has 79 heavy (non-hydrogen) atoms. The van der Waals surface area contributed by atoms with Crippen molar-refractivity contribution < 1.29 is 33.5 Å². The van der Waals surface area contributed by atoms with Crippen LogP contribution in [0.1, 0.15) is 112 Å². The van der Waals surface area contributed by atoms with Gasteiger partial charge >= 0.3 is 0 Å². The number of amides is 6. The van der Waals surface area contributed by atoms with Gasteiger partial charge in [-0.2, -0.15) is 0 Å². The number of nitrogens with zero attached hydrogens (tertiary/aromatic N) is 6. The molecule has 418 valence electrons. The number of thioether (sulfide) groups is 1. The minimum Gasteiger partial charge on any atom is -0.496 e. The fourth-order valence-electron chi connectivity index (χ4n) is 9.57. The predicted octanol–water partition coefficient (Wildman–Crippen LogP) is 10.1. The molecule has 3 fully saturated rings. The summed E-state index contributed by atoms with van der Waals surface area (Å²) in [4.78, 5) is 96.0. The van der Waals surface area contributed by atoms with E-state index < -0.39 is 0 Å². The van der Waals surface area contributed by atoms with Crippen LogP contribution in [0.3, 0.4) is 0 Å². The van der Waals surface area contributed by atoms with E-state index in [1.54, 1.807) is 52.0 Å². The number of carbonyl (C=O) groups is 6. The van der Waals surface area contributed by atoms with Crippen molar-refractivity contribution >= 4 is 91.9 Å². The van der Waals surface area contributed by atoms with E-state index in [1.165, 1.54) is 46.6 Å². The summed E-state index contributed by atoms with van der Waals surface area (Å²) in [6, 6.07) is 15.6. The van der Waals surface area contributed by atoms with Gasteiger partial charge in [-0.25, -0.2) is 9.97 Å². The average molecular weight is 1150 g/mol. The minimum atomic E-state index is -0.274. The number of anilines is 2. The molecule has 0 radical (unpaired) electrons. The van der Waals surface area contributed by atoms with Crippen LogP contribution in [0.4, 0.5) is 10.3 Å². The fourth-order valence-corrected chi connectivity index (χ4v) is 13.3. The minimum absolute atomic E-state index is 0.0285. The second-order valence-electron chi connectivity index (χ2n) is 21.0. The summed E-state index contributed by atoms with van der Waals surface area (Å²) in [6.45, 7) is 22.4. The first-order valence-electron chi connectivity index (χ1n) is 26.8. The lowest BCUT2D eigenvalue weighted by atomic mass is 9.79. The second kappa shape index (κ2) is 26.8. The molecule has 6 amide bonds. The largest absolute Gasteiger partial charge is 0.496 e. The molecule has 1 atom stereocenters. The van der Waals surface area contributed by atoms with Crippen molar-refractivity contribution in [2.75, 3.05) is 70.1 Å². The van der Waals surface area contributed by atoms with Crippen LogP contribution in [-0.2, 0) is 33.1 Å². The van der Waals surface area contributed by atoms with Gasteiger partial charge in [0.2, 0.25) is 17.7 Å². The van der Waals surface area contributed by atoms with E-state index in [0.717, 1.165) is 66.8 Å². The summed E-state index contributed by atoms with van der Waals surface area (Å²) in [5.41, 5.74) is 6.44. The Hall–Kier alpha value is -6.32. The number of hydrogen-bond acceptors (Lipinski definition) is 14. The molecule has 3 aromatic carbocycles. The summed E-state index contributed by atoms with van der Waals surface area (Å²) in [6.07, 6.45) is 10.9. The molecule has 1 aliphatic carbocycles. The highest BCUT2D eigenvalue weighted by Gasteiger charge is 2.31. The van der Waals surface area contributed by atoms with E-state index in [-0.39, 0.29) is 52.8 Å². The third kappa shape index (κ3) is 15.3. The molecule has 8 rings (SSSR count). The topological polar surface area (TPSA) is 186 Å². The molecule has 4 heterocycles. The molecule has 0 bridgehead atoms. The van der Waals surface area contributed by atoms with Crippen molar-refractivity contribution in [1.29, 1.82) is 0 Å². The molecule has 5 aromatic rings. The van der Waals surface area contributed by atoms with Crippen LogP contribution < -0.4 is 20.7 Å². The van der Waals surface area contributed by atoms with Crippen molar-refractivity contribution in [2.24, 2.45) is 11.3 Å². The van der Waals surface area contributed by atoms with Crippen molar-refractivity contribution in [3.8, 4) is 5.75 Å². The van der Waals surface area contributed by atoms with Gasteiger partial charge in [0.05, 0.1) is 33.5 Å². The van der Waals surface area contributed by atoms with E-state index in [4.69, 9.17) is 4.74 Å². The first-order chi connectivity index (χ1) is 37.9. The second-order valence-corrected chi connectivity index (χ2v) is 25.6. The van der Waals surface area contributed by atoms with E-state index >= 15 is 0 Å². The van der Waals surface area contributed by atoms with Gasteiger partial charge < -0.3 is 35.0 Å². The number of rotatable bonds is 21. The Bertz CT molecular complexity index is 3100. The zero-order valence-corrected chi connectivity index (χ0v) is 49.3. The van der Waals surface area contributed by atoms with Crippen molar-refractivity contribution in [3.63, 3.8) is 0 Å². The Morgan fingerprint density at radius 2 is 1.38 bits per heavy atom. The van der Waals surface area contributed by atoms with Crippen molar-refractivity contribution in [3.05, 3.63) is 131 Å². The summed E-state index contributed by atoms with van der Waals surface area (Å²) in [5, 5.41) is 10.7. The molecular formula is C59H71N9O7S4. The third-order valence-electron chi connectivity index (χ3n) is 15.0. The smallest absolute Gasteiger partial charge is 0.257 e. The Kier molecular flexibility index (Phi) is 19.9. The molecule has 3 aliphatic rings. The van der Waals surface area contributed by atoms with Crippen LogP contribution in [0.15, 0.2) is 99.5 Å². The van der Waals surface area contributed by atoms with Gasteiger partial charge in [0, 0.05) is 92.6 Å². The quantitative estimate of drug-likeness (QED) is 0.0467. The number of benzene rings is 3. The number of methoxy groups -OCH3 is 1. The Morgan fingerprint density at radius 1 is 0.772 bits per heavy atom. The molecule has 0 unspecified atom stereocenters. The standard InChI is InChI=1S/C59H71N9O7S4/c1-9-49(69)65-20-12-22-67(26-24-65)55(73)45-31-41(36-76-51-34-61-57(78-51)63-53(71)42-16-17-42)30-43(38(45)4)18-19-59(6,7)39(5)60-33-40-14-11-15-44(29-40)54(72)64-58-62-35-52(79-58)77-48-32-46(47(75-8)28-37(48)3)56(74)68-23-13-21-66(25-27-68)50(70)10-2/h9-11,14-15,28-32,34-35,39,42,60H,1-2,12-13,16-27,33,36H2,3-8H3,(H,61,63,71)(H,62,64,72)/t39-/m1/s1. The average Bonchev–Trinajstić information content (AvgIpc) is 4.24. The van der Waals surface area contributed by atoms with Crippen LogP contribution in [-0.4, -0.2) is 131 Å². The number of carbonyl (C=O) groups excluding carboxylic acids is 6. The summed E-state index contributed by atoms with van der Waals surface area (Å²) < 4.78 is 7.48. The lowest BCUT2D eigenvalue weighted by Gasteiger charge is -2.33. The molecule has 1 saturated carbocycles. The number of hydrogen-bond donors (Lipinski definition) is 3. The molecule has 3 N–H and O–H groups in total. The van der Waals surface area contributed by atoms with Gasteiger partial charge in [0.25, 0.3) is 17.7 Å². The molecule has 20 heteroatoms. The molecule has 0 spiro atoms. The summed E-state index contributed by atoms with van der Waals surface area (Å²) in [7, 11) is 1.55. The number of aromatic nitrogens is 2. The maximum Gasteiger partial charge on any atom is 0.257 e. The maximum absolute atomic E-state index is 14.4. The van der Waals surface area contributed by atoms with E-state index in [0.29, 0.717) is 110 Å². The van der Waals surface area contributed by atoms with Gasteiger partial charge in [-0.05, 0) is 135 Å². The number of ether oxygens (including phenoxy) is 1. The van der Waals surface area contributed by atoms with Crippen LogP contribution in [0.25, 0.3) is 0 Å². The normalized spacial score (nSPS) is 15.4. The maximum atomic E-state index is 14.4. The monoisotopic (exact) mass is 1150 g/mol. The van der Waals surface area contributed by atoms with Gasteiger partial charge in [-0.1, -0.05) is 79.6 Å².